The largest absolute Gasteiger partial charge is 0.282 e. The molecule has 5 heteroatoms. The molecule has 0 spiro atoms. The molecule has 2 aromatic heterocycles. The average Bonchev–Trinajstić information content (AvgIpc) is 2.73. The van der Waals surface area contributed by atoms with Crippen LogP contribution in [0.1, 0.15) is 0 Å². The van der Waals surface area contributed by atoms with Crippen LogP contribution < -0.4 is 0 Å². The fraction of sp³-hybridized carbons (Fsp3) is 0. The Balaban J connectivity index is 2.21. The minimum atomic E-state index is 0.646. The smallest absolute Gasteiger partial charge is 0.168 e. The lowest BCUT2D eigenvalue weighted by atomic mass is 10.2. The quantitative estimate of drug-likeness (QED) is 0.670. The van der Waals surface area contributed by atoms with E-state index in [-0.39, 0.29) is 0 Å². The second-order valence-corrected chi connectivity index (χ2v) is 4.48. The van der Waals surface area contributed by atoms with Gasteiger partial charge >= 0.3 is 0 Å². The molecule has 0 fully saturated rings. The number of benzene rings is 1. The number of rotatable bonds is 1. The second-order valence-electron chi connectivity index (χ2n) is 3.60. The first-order valence-corrected chi connectivity index (χ1v) is 5.76. The van der Waals surface area contributed by atoms with Gasteiger partial charge in [-0.2, -0.15) is 0 Å². The van der Waals surface area contributed by atoms with Gasteiger partial charge in [0.15, 0.2) is 11.5 Å². The number of pyridine rings is 1. The van der Waals surface area contributed by atoms with E-state index >= 15 is 0 Å². The average molecular weight is 264 g/mol. The van der Waals surface area contributed by atoms with Gasteiger partial charge in [-0.05, 0) is 30.3 Å². The molecule has 2 heterocycles. The van der Waals surface area contributed by atoms with E-state index in [2.05, 4.69) is 10.2 Å². The highest BCUT2D eigenvalue weighted by Crippen LogP contribution is 2.21. The number of fused-ring (bicyclic) bond motifs is 1. The van der Waals surface area contributed by atoms with Crippen molar-refractivity contribution < 1.29 is 0 Å². The fourth-order valence-electron chi connectivity index (χ4n) is 1.66. The van der Waals surface area contributed by atoms with Crippen LogP contribution in [0.2, 0.25) is 10.0 Å². The predicted octanol–water partition coefficient (Wildman–Crippen LogP) is 3.70. The summed E-state index contributed by atoms with van der Waals surface area (Å²) in [6, 6.07) is 11.0. The molecule has 3 aromatic rings. The molecule has 0 amide bonds. The molecule has 3 rings (SSSR count). The van der Waals surface area contributed by atoms with Crippen molar-refractivity contribution in [2.75, 3.05) is 0 Å². The summed E-state index contributed by atoms with van der Waals surface area (Å²) < 4.78 is 1.88. The molecule has 3 nitrogen and oxygen atoms in total. The minimum absolute atomic E-state index is 0.646. The highest BCUT2D eigenvalue weighted by atomic mass is 35.5. The molecule has 0 bridgehead atoms. The third-order valence-electron chi connectivity index (χ3n) is 2.47. The molecule has 0 aliphatic carbocycles. The standard InChI is InChI=1S/C12H7Cl2N3/c13-9-3-1-8(2-4-9)12-16-15-11-7-10(14)5-6-17(11)12/h1-7H. The zero-order chi connectivity index (χ0) is 11.8. The van der Waals surface area contributed by atoms with E-state index < -0.39 is 0 Å². The third-order valence-corrected chi connectivity index (χ3v) is 2.96. The van der Waals surface area contributed by atoms with Gasteiger partial charge in [-0.3, -0.25) is 4.40 Å². The number of hydrogen-bond donors (Lipinski definition) is 0. The zero-order valence-electron chi connectivity index (χ0n) is 8.64. The summed E-state index contributed by atoms with van der Waals surface area (Å²) in [5.41, 5.74) is 1.69. The summed E-state index contributed by atoms with van der Waals surface area (Å²) >= 11 is 11.7. The molecule has 0 unspecified atom stereocenters. The molecular weight excluding hydrogens is 257 g/mol. The van der Waals surface area contributed by atoms with Crippen molar-refractivity contribution in [2.24, 2.45) is 0 Å². The topological polar surface area (TPSA) is 30.2 Å². The Labute approximate surface area is 108 Å². The second kappa shape index (κ2) is 4.02. The summed E-state index contributed by atoms with van der Waals surface area (Å²) in [6.45, 7) is 0. The van der Waals surface area contributed by atoms with Crippen LogP contribution in [-0.2, 0) is 0 Å². The van der Waals surface area contributed by atoms with Crippen LogP contribution in [0.15, 0.2) is 42.6 Å². The van der Waals surface area contributed by atoms with Crippen molar-refractivity contribution >= 4 is 28.8 Å². The Hall–Kier alpha value is -1.58. The summed E-state index contributed by atoms with van der Waals surface area (Å²) in [4.78, 5) is 0. The lowest BCUT2D eigenvalue weighted by Gasteiger charge is -2.00. The molecular formula is C12H7Cl2N3. The minimum Gasteiger partial charge on any atom is -0.282 e. The summed E-state index contributed by atoms with van der Waals surface area (Å²) in [7, 11) is 0. The molecule has 1 aromatic carbocycles. The van der Waals surface area contributed by atoms with Gasteiger partial charge in [-0.1, -0.05) is 23.2 Å². The van der Waals surface area contributed by atoms with Gasteiger partial charge in [-0.25, -0.2) is 0 Å². The van der Waals surface area contributed by atoms with Crippen molar-refractivity contribution in [3.8, 4) is 11.4 Å². The van der Waals surface area contributed by atoms with Crippen LogP contribution in [-0.4, -0.2) is 14.6 Å². The third kappa shape index (κ3) is 1.88. The van der Waals surface area contributed by atoms with Gasteiger partial charge < -0.3 is 0 Å². The van der Waals surface area contributed by atoms with Crippen molar-refractivity contribution in [3.05, 3.63) is 52.6 Å². The Morgan fingerprint density at radius 3 is 2.41 bits per heavy atom. The fourth-order valence-corrected chi connectivity index (χ4v) is 1.94. The number of aromatic nitrogens is 3. The summed E-state index contributed by atoms with van der Waals surface area (Å²) in [5, 5.41) is 9.57. The monoisotopic (exact) mass is 263 g/mol. The maximum atomic E-state index is 5.90. The molecule has 0 N–H and O–H groups in total. The van der Waals surface area contributed by atoms with Crippen molar-refractivity contribution in [2.45, 2.75) is 0 Å². The molecule has 17 heavy (non-hydrogen) atoms. The SMILES string of the molecule is Clc1ccc(-c2nnc3cc(Cl)ccn23)cc1. The van der Waals surface area contributed by atoms with Crippen LogP contribution in [0.3, 0.4) is 0 Å². The van der Waals surface area contributed by atoms with Gasteiger partial charge in [0, 0.05) is 27.9 Å². The van der Waals surface area contributed by atoms with E-state index in [1.165, 1.54) is 0 Å². The molecule has 84 valence electrons. The van der Waals surface area contributed by atoms with Crippen LogP contribution in [0.25, 0.3) is 17.0 Å². The van der Waals surface area contributed by atoms with Gasteiger partial charge in [0.25, 0.3) is 0 Å². The van der Waals surface area contributed by atoms with Crippen LogP contribution in [0, 0.1) is 0 Å². The molecule has 0 aliphatic heterocycles. The van der Waals surface area contributed by atoms with Crippen LogP contribution >= 0.6 is 23.2 Å². The Morgan fingerprint density at radius 1 is 0.882 bits per heavy atom. The van der Waals surface area contributed by atoms with E-state index in [1.807, 2.05) is 34.9 Å². The summed E-state index contributed by atoms with van der Waals surface area (Å²) in [5.74, 6) is 0.772. The van der Waals surface area contributed by atoms with E-state index in [4.69, 9.17) is 23.2 Å². The number of nitrogens with zero attached hydrogens (tertiary/aromatic N) is 3. The predicted molar refractivity (Wildman–Crippen MR) is 68.4 cm³/mol. The van der Waals surface area contributed by atoms with Crippen molar-refractivity contribution in [1.29, 1.82) is 0 Å². The Morgan fingerprint density at radius 2 is 1.65 bits per heavy atom. The lowest BCUT2D eigenvalue weighted by molar-refractivity contribution is 1.11. The van der Waals surface area contributed by atoms with E-state index in [1.54, 1.807) is 12.1 Å². The normalized spacial score (nSPS) is 10.9. The first-order valence-electron chi connectivity index (χ1n) is 5.00. The molecule has 0 saturated heterocycles. The summed E-state index contributed by atoms with van der Waals surface area (Å²) in [6.07, 6.45) is 1.85. The number of halogens is 2. The van der Waals surface area contributed by atoms with Gasteiger partial charge in [0.1, 0.15) is 0 Å². The van der Waals surface area contributed by atoms with E-state index in [9.17, 15) is 0 Å². The Bertz CT molecular complexity index is 674. The highest BCUT2D eigenvalue weighted by Gasteiger charge is 2.07. The molecule has 0 aliphatic rings. The molecule has 0 radical (unpaired) electrons. The van der Waals surface area contributed by atoms with Crippen molar-refractivity contribution in [3.63, 3.8) is 0 Å². The van der Waals surface area contributed by atoms with Gasteiger partial charge in [0.05, 0.1) is 0 Å². The van der Waals surface area contributed by atoms with Gasteiger partial charge in [0.2, 0.25) is 0 Å². The van der Waals surface area contributed by atoms with E-state index in [0.717, 1.165) is 17.0 Å². The lowest BCUT2D eigenvalue weighted by Crippen LogP contribution is -1.88. The maximum absolute atomic E-state index is 5.90. The highest BCUT2D eigenvalue weighted by molar-refractivity contribution is 6.31. The van der Waals surface area contributed by atoms with E-state index in [0.29, 0.717) is 10.0 Å². The Kier molecular flexibility index (Phi) is 2.50. The first kappa shape index (κ1) is 10.6. The molecule has 0 saturated carbocycles. The van der Waals surface area contributed by atoms with Crippen LogP contribution in [0.5, 0.6) is 0 Å². The first-order chi connectivity index (χ1) is 8.24. The zero-order valence-corrected chi connectivity index (χ0v) is 10.2. The van der Waals surface area contributed by atoms with Gasteiger partial charge in [-0.15, -0.1) is 10.2 Å². The maximum Gasteiger partial charge on any atom is 0.168 e. The number of hydrogen-bond acceptors (Lipinski definition) is 2. The molecule has 0 atom stereocenters. The van der Waals surface area contributed by atoms with Crippen LogP contribution in [0.4, 0.5) is 0 Å². The van der Waals surface area contributed by atoms with Crippen molar-refractivity contribution in [1.82, 2.24) is 14.6 Å².